The quantitative estimate of drug-likeness (QED) is 0.791. The lowest BCUT2D eigenvalue weighted by Gasteiger charge is -2.12. The first-order chi connectivity index (χ1) is 11.0. The van der Waals surface area contributed by atoms with Crippen LogP contribution in [-0.2, 0) is 11.3 Å². The highest BCUT2D eigenvalue weighted by Crippen LogP contribution is 2.10. The zero-order valence-corrected chi connectivity index (χ0v) is 13.1. The molecule has 0 radical (unpaired) electrons. The molecule has 0 aliphatic heterocycles. The van der Waals surface area contributed by atoms with Crippen molar-refractivity contribution in [1.29, 1.82) is 0 Å². The molecular formula is C17H17ClN2O3. The van der Waals surface area contributed by atoms with E-state index in [-0.39, 0.29) is 24.6 Å². The third-order valence-electron chi connectivity index (χ3n) is 3.12. The van der Waals surface area contributed by atoms with Gasteiger partial charge in [0.05, 0.1) is 12.6 Å². The first-order valence-electron chi connectivity index (χ1n) is 7.09. The average Bonchev–Trinajstić information content (AvgIpc) is 2.54. The SMILES string of the molecule is O=C(/C=C/c1ccc(Cl)cc1)NCC(O)Cn1ccccc1=O. The van der Waals surface area contributed by atoms with E-state index in [1.165, 1.54) is 16.7 Å². The predicted octanol–water partition coefficient (Wildman–Crippen LogP) is 1.69. The van der Waals surface area contributed by atoms with Crippen LogP contribution in [0.25, 0.3) is 6.08 Å². The van der Waals surface area contributed by atoms with Crippen molar-refractivity contribution in [2.75, 3.05) is 6.54 Å². The number of hydrogen-bond acceptors (Lipinski definition) is 3. The summed E-state index contributed by atoms with van der Waals surface area (Å²) >= 11 is 5.78. The van der Waals surface area contributed by atoms with Crippen molar-refractivity contribution >= 4 is 23.6 Å². The Morgan fingerprint density at radius 1 is 1.26 bits per heavy atom. The molecule has 1 atom stereocenters. The van der Waals surface area contributed by atoms with Gasteiger partial charge in [-0.05, 0) is 29.8 Å². The zero-order chi connectivity index (χ0) is 16.7. The Bertz CT molecular complexity index is 738. The first kappa shape index (κ1) is 17.0. The van der Waals surface area contributed by atoms with Gasteiger partial charge in [0.25, 0.3) is 5.56 Å². The van der Waals surface area contributed by atoms with E-state index in [2.05, 4.69) is 5.32 Å². The number of carbonyl (C=O) groups is 1. The van der Waals surface area contributed by atoms with Crippen molar-refractivity contribution in [2.24, 2.45) is 0 Å². The number of hydrogen-bond donors (Lipinski definition) is 2. The van der Waals surface area contributed by atoms with Gasteiger partial charge in [0.1, 0.15) is 0 Å². The molecule has 1 aromatic heterocycles. The van der Waals surface area contributed by atoms with E-state index in [1.807, 2.05) is 0 Å². The molecule has 0 saturated carbocycles. The van der Waals surface area contributed by atoms with Crippen molar-refractivity contribution in [2.45, 2.75) is 12.6 Å². The summed E-state index contributed by atoms with van der Waals surface area (Å²) in [5, 5.41) is 13.1. The lowest BCUT2D eigenvalue weighted by molar-refractivity contribution is -0.116. The summed E-state index contributed by atoms with van der Waals surface area (Å²) in [5.41, 5.74) is 0.654. The van der Waals surface area contributed by atoms with Crippen LogP contribution >= 0.6 is 11.6 Å². The van der Waals surface area contributed by atoms with Gasteiger partial charge in [0.15, 0.2) is 0 Å². The van der Waals surface area contributed by atoms with Crippen molar-refractivity contribution < 1.29 is 9.90 Å². The highest BCUT2D eigenvalue weighted by atomic mass is 35.5. The van der Waals surface area contributed by atoms with Crippen LogP contribution in [0.4, 0.5) is 0 Å². The topological polar surface area (TPSA) is 71.3 Å². The minimum Gasteiger partial charge on any atom is -0.389 e. The normalized spacial score (nSPS) is 12.3. The van der Waals surface area contributed by atoms with Gasteiger partial charge >= 0.3 is 0 Å². The maximum Gasteiger partial charge on any atom is 0.250 e. The summed E-state index contributed by atoms with van der Waals surface area (Å²) in [6, 6.07) is 11.8. The third kappa shape index (κ3) is 5.73. The fraction of sp³-hybridized carbons (Fsp3) is 0.176. The maximum atomic E-state index is 11.7. The van der Waals surface area contributed by atoms with Crippen molar-refractivity contribution in [3.63, 3.8) is 0 Å². The van der Waals surface area contributed by atoms with E-state index in [1.54, 1.807) is 48.7 Å². The van der Waals surface area contributed by atoms with Gasteiger partial charge in [0, 0.05) is 29.9 Å². The second-order valence-electron chi connectivity index (χ2n) is 4.98. The number of benzene rings is 1. The number of aliphatic hydroxyl groups is 1. The van der Waals surface area contributed by atoms with E-state index in [0.29, 0.717) is 5.02 Å². The zero-order valence-electron chi connectivity index (χ0n) is 12.4. The molecule has 1 unspecified atom stereocenters. The Morgan fingerprint density at radius 2 is 2.00 bits per heavy atom. The molecular weight excluding hydrogens is 316 g/mol. The minimum atomic E-state index is -0.844. The Labute approximate surface area is 138 Å². The van der Waals surface area contributed by atoms with E-state index in [9.17, 15) is 14.7 Å². The van der Waals surface area contributed by atoms with Crippen LogP contribution in [0.2, 0.25) is 5.02 Å². The molecule has 1 heterocycles. The van der Waals surface area contributed by atoms with Crippen molar-refractivity contribution in [1.82, 2.24) is 9.88 Å². The molecule has 0 saturated heterocycles. The summed E-state index contributed by atoms with van der Waals surface area (Å²) < 4.78 is 1.39. The second kappa shape index (κ2) is 8.31. The van der Waals surface area contributed by atoms with E-state index < -0.39 is 6.10 Å². The average molecular weight is 333 g/mol. The molecule has 0 fully saturated rings. The van der Waals surface area contributed by atoms with Gasteiger partial charge in [-0.15, -0.1) is 0 Å². The fourth-order valence-electron chi connectivity index (χ4n) is 1.93. The molecule has 23 heavy (non-hydrogen) atoms. The van der Waals surface area contributed by atoms with Gasteiger partial charge in [-0.25, -0.2) is 0 Å². The fourth-order valence-corrected chi connectivity index (χ4v) is 2.05. The maximum absolute atomic E-state index is 11.7. The van der Waals surface area contributed by atoms with Crippen LogP contribution in [0.15, 0.2) is 59.5 Å². The Hall–Kier alpha value is -2.37. The minimum absolute atomic E-state index is 0.0606. The molecule has 5 nitrogen and oxygen atoms in total. The van der Waals surface area contributed by atoms with E-state index >= 15 is 0 Å². The van der Waals surface area contributed by atoms with Gasteiger partial charge in [-0.1, -0.05) is 29.8 Å². The Kier molecular flexibility index (Phi) is 6.14. The van der Waals surface area contributed by atoms with E-state index in [4.69, 9.17) is 11.6 Å². The Balaban J connectivity index is 1.80. The van der Waals surface area contributed by atoms with Gasteiger partial charge in [-0.2, -0.15) is 0 Å². The van der Waals surface area contributed by atoms with Crippen LogP contribution in [-0.4, -0.2) is 28.2 Å². The number of nitrogens with one attached hydrogen (secondary N) is 1. The van der Waals surface area contributed by atoms with Crippen LogP contribution in [0.1, 0.15) is 5.56 Å². The van der Waals surface area contributed by atoms with Gasteiger partial charge < -0.3 is 15.0 Å². The van der Waals surface area contributed by atoms with Crippen LogP contribution in [0, 0.1) is 0 Å². The lowest BCUT2D eigenvalue weighted by Crippen LogP contribution is -2.35. The number of nitrogens with zero attached hydrogens (tertiary/aromatic N) is 1. The standard InChI is InChI=1S/C17H17ClN2O3/c18-14-7-4-13(5-8-14)6-9-16(22)19-11-15(21)12-20-10-2-1-3-17(20)23/h1-10,15,21H,11-12H2,(H,19,22)/b9-6+. The summed E-state index contributed by atoms with van der Waals surface area (Å²) in [5.74, 6) is -0.320. The first-order valence-corrected chi connectivity index (χ1v) is 7.47. The highest BCUT2D eigenvalue weighted by molar-refractivity contribution is 6.30. The smallest absolute Gasteiger partial charge is 0.250 e. The monoisotopic (exact) mass is 332 g/mol. The predicted molar refractivity (Wildman–Crippen MR) is 90.2 cm³/mol. The summed E-state index contributed by atoms with van der Waals surface area (Å²) in [6.45, 7) is 0.186. The van der Waals surface area contributed by atoms with Crippen LogP contribution in [0.5, 0.6) is 0 Å². The largest absolute Gasteiger partial charge is 0.389 e. The molecule has 6 heteroatoms. The van der Waals surface area contributed by atoms with E-state index in [0.717, 1.165) is 5.56 Å². The number of amides is 1. The molecule has 1 aromatic carbocycles. The summed E-state index contributed by atoms with van der Waals surface area (Å²) in [6.07, 6.45) is 3.78. The molecule has 2 N–H and O–H groups in total. The number of pyridine rings is 1. The summed E-state index contributed by atoms with van der Waals surface area (Å²) in [7, 11) is 0. The molecule has 120 valence electrons. The molecule has 0 aliphatic carbocycles. The molecule has 0 aliphatic rings. The molecule has 0 bridgehead atoms. The lowest BCUT2D eigenvalue weighted by atomic mass is 10.2. The molecule has 2 aromatic rings. The van der Waals surface area contributed by atoms with Crippen LogP contribution < -0.4 is 10.9 Å². The van der Waals surface area contributed by atoms with Crippen molar-refractivity contribution in [3.05, 3.63) is 75.7 Å². The molecule has 0 spiro atoms. The second-order valence-corrected chi connectivity index (χ2v) is 5.41. The van der Waals surface area contributed by atoms with Crippen molar-refractivity contribution in [3.8, 4) is 0 Å². The number of rotatable bonds is 6. The van der Waals surface area contributed by atoms with Gasteiger partial charge in [-0.3, -0.25) is 9.59 Å². The van der Waals surface area contributed by atoms with Gasteiger partial charge in [0.2, 0.25) is 5.91 Å². The number of aromatic nitrogens is 1. The van der Waals surface area contributed by atoms with Crippen LogP contribution in [0.3, 0.4) is 0 Å². The Morgan fingerprint density at radius 3 is 2.70 bits per heavy atom. The number of carbonyl (C=O) groups excluding carboxylic acids is 1. The third-order valence-corrected chi connectivity index (χ3v) is 3.37. The number of halogens is 1. The highest BCUT2D eigenvalue weighted by Gasteiger charge is 2.07. The number of aliphatic hydroxyl groups excluding tert-OH is 1. The summed E-state index contributed by atoms with van der Waals surface area (Å²) in [4.78, 5) is 23.2. The molecule has 2 rings (SSSR count). The molecule has 1 amide bonds.